The maximum absolute atomic E-state index is 16.3. The van der Waals surface area contributed by atoms with Crippen LogP contribution in [0.5, 0.6) is 0 Å². The Labute approximate surface area is 275 Å². The molecule has 0 bridgehead atoms. The highest BCUT2D eigenvalue weighted by molar-refractivity contribution is 6.20. The molecule has 2 N–H and O–H groups in total. The molecule has 0 aromatic rings. The largest absolute Gasteiger partial charge is 0.369 e. The van der Waals surface area contributed by atoms with Gasteiger partial charge in [-0.1, -0.05) is 19.3 Å². The van der Waals surface area contributed by atoms with Crippen molar-refractivity contribution in [1.82, 2.24) is 25.3 Å². The first-order valence-electron chi connectivity index (χ1n) is 19.1. The molecule has 1 amide bonds. The monoisotopic (exact) mass is 639 g/mol. The molecule has 7 fully saturated rings. The van der Waals surface area contributed by atoms with Crippen LogP contribution in [0.25, 0.3) is 0 Å². The van der Waals surface area contributed by atoms with Crippen LogP contribution in [0, 0.1) is 29.6 Å². The Morgan fingerprint density at radius 1 is 0.891 bits per heavy atom. The van der Waals surface area contributed by atoms with Gasteiger partial charge in [0.15, 0.2) is 5.78 Å². The van der Waals surface area contributed by atoms with Gasteiger partial charge < -0.3 is 30.1 Å². The van der Waals surface area contributed by atoms with E-state index in [2.05, 4.69) is 39.4 Å². The fourth-order valence-corrected chi connectivity index (χ4v) is 12.0. The lowest BCUT2D eigenvalue weighted by atomic mass is 9.66. The summed E-state index contributed by atoms with van der Waals surface area (Å²) in [6, 6.07) is 0.538. The zero-order valence-electron chi connectivity index (χ0n) is 28.3. The van der Waals surface area contributed by atoms with Gasteiger partial charge in [0.1, 0.15) is 6.17 Å². The maximum Gasteiger partial charge on any atom is 0.256 e. The molecule has 8 aliphatic rings. The average Bonchev–Trinajstić information content (AvgIpc) is 3.76. The predicted octanol–water partition coefficient (Wildman–Crippen LogP) is 3.90. The van der Waals surface area contributed by atoms with Crippen molar-refractivity contribution in [2.75, 3.05) is 40.3 Å². The van der Waals surface area contributed by atoms with E-state index < -0.39 is 18.1 Å². The molecule has 46 heavy (non-hydrogen) atoms. The number of likely N-dealkylation sites (tertiary alicyclic amines) is 2. The SMILES string of the molecule is CN1CCCC1CCNC(=O)C1=CN2C3CC4C(CC5CCCCC54)CC3OC3C(NCCC4CCCN4C)C(F)CC(C1=O)C32. The minimum absolute atomic E-state index is 0.0190. The first-order valence-corrected chi connectivity index (χ1v) is 19.1. The summed E-state index contributed by atoms with van der Waals surface area (Å²) in [5.41, 5.74) is 0.243. The highest BCUT2D eigenvalue weighted by Gasteiger charge is 2.61. The normalized spacial score (nSPS) is 45.5. The van der Waals surface area contributed by atoms with Gasteiger partial charge in [-0.05, 0) is 128 Å². The molecule has 8 nitrogen and oxygen atoms in total. The highest BCUT2D eigenvalue weighted by atomic mass is 19.1. The zero-order valence-corrected chi connectivity index (χ0v) is 28.3. The Morgan fingerprint density at radius 2 is 1.63 bits per heavy atom. The van der Waals surface area contributed by atoms with Gasteiger partial charge in [-0.25, -0.2) is 4.39 Å². The van der Waals surface area contributed by atoms with E-state index in [1.165, 1.54) is 51.4 Å². The second-order valence-electron chi connectivity index (χ2n) is 16.6. The van der Waals surface area contributed by atoms with Crippen LogP contribution in [-0.4, -0.2) is 115 Å². The standard InChI is InChI=1S/C37H58FN5O3/c1-41-15-5-8-24(41)11-13-39-33-30(38)19-28-34-36(33)46-32-18-23-17-22-7-3-4-10-26(22)27(23)20-31(32)43(34)21-29(35(28)44)37(45)40-14-12-25-9-6-16-42(25)2/h21-28,30-34,36,39H,3-20H2,1-2H3,(H,40,45). The van der Waals surface area contributed by atoms with Crippen molar-refractivity contribution in [1.29, 1.82) is 0 Å². The molecule has 256 valence electrons. The Kier molecular flexibility index (Phi) is 9.00. The summed E-state index contributed by atoms with van der Waals surface area (Å²) in [7, 11) is 4.35. The molecule has 4 heterocycles. The van der Waals surface area contributed by atoms with E-state index in [9.17, 15) is 9.59 Å². The molecule has 4 aliphatic heterocycles. The molecular weight excluding hydrogens is 581 g/mol. The van der Waals surface area contributed by atoms with Crippen LogP contribution in [0.3, 0.4) is 0 Å². The molecule has 4 saturated carbocycles. The number of morpholine rings is 1. The van der Waals surface area contributed by atoms with Crippen LogP contribution in [0.4, 0.5) is 4.39 Å². The molecule has 3 saturated heterocycles. The number of rotatable bonds is 8. The predicted molar refractivity (Wildman–Crippen MR) is 176 cm³/mol. The first-order chi connectivity index (χ1) is 22.4. The van der Waals surface area contributed by atoms with Gasteiger partial charge in [0.2, 0.25) is 0 Å². The summed E-state index contributed by atoms with van der Waals surface area (Å²) in [6.07, 6.45) is 16.1. The zero-order chi connectivity index (χ0) is 31.5. The van der Waals surface area contributed by atoms with E-state index in [0.29, 0.717) is 30.5 Å². The van der Waals surface area contributed by atoms with E-state index in [1.54, 1.807) is 0 Å². The lowest BCUT2D eigenvalue weighted by Crippen LogP contribution is -2.73. The maximum atomic E-state index is 16.3. The number of carbonyl (C=O) groups excluding carboxylic acids is 2. The summed E-state index contributed by atoms with van der Waals surface area (Å²) in [5.74, 6) is 2.03. The molecule has 13 atom stereocenters. The molecule has 0 spiro atoms. The Hall–Kier alpha value is -1.55. The fourth-order valence-electron chi connectivity index (χ4n) is 12.0. The van der Waals surface area contributed by atoms with Crippen LogP contribution < -0.4 is 10.6 Å². The second kappa shape index (κ2) is 13.1. The summed E-state index contributed by atoms with van der Waals surface area (Å²) >= 11 is 0. The molecule has 9 heteroatoms. The number of ketones is 1. The minimum atomic E-state index is -1.18. The summed E-state index contributed by atoms with van der Waals surface area (Å²) in [4.78, 5) is 35.0. The van der Waals surface area contributed by atoms with Crippen molar-refractivity contribution in [3.63, 3.8) is 0 Å². The number of halogens is 1. The van der Waals surface area contributed by atoms with Crippen molar-refractivity contribution in [3.8, 4) is 0 Å². The molecule has 0 aromatic carbocycles. The summed E-state index contributed by atoms with van der Waals surface area (Å²) in [5, 5.41) is 6.73. The Balaban J connectivity index is 1.04. The van der Waals surface area contributed by atoms with Crippen molar-refractivity contribution >= 4 is 11.7 Å². The summed E-state index contributed by atoms with van der Waals surface area (Å²) in [6.45, 7) is 3.56. The number of Topliss-reactive ketones (excluding diaryl/α,β-unsaturated/α-hetero) is 1. The number of hydrogen-bond acceptors (Lipinski definition) is 7. The number of nitrogens with zero attached hydrogens (tertiary/aromatic N) is 3. The van der Waals surface area contributed by atoms with Gasteiger partial charge in [0, 0.05) is 30.7 Å². The number of nitrogens with one attached hydrogen (secondary N) is 2. The third-order valence-electron chi connectivity index (χ3n) is 14.3. The van der Waals surface area contributed by atoms with Gasteiger partial charge in [0.05, 0.1) is 35.9 Å². The topological polar surface area (TPSA) is 77.2 Å². The van der Waals surface area contributed by atoms with E-state index in [0.717, 1.165) is 63.6 Å². The highest BCUT2D eigenvalue weighted by Crippen LogP contribution is 2.57. The molecule has 0 radical (unpaired) electrons. The van der Waals surface area contributed by atoms with Crippen LogP contribution >= 0.6 is 0 Å². The molecular formula is C37H58FN5O3. The molecule has 13 unspecified atom stereocenters. The van der Waals surface area contributed by atoms with Crippen molar-refractivity contribution in [2.24, 2.45) is 29.6 Å². The average molecular weight is 640 g/mol. The van der Waals surface area contributed by atoms with Gasteiger partial charge >= 0.3 is 0 Å². The Bertz CT molecular complexity index is 1180. The number of ether oxygens (including phenoxy) is 1. The number of amides is 1. The smallest absolute Gasteiger partial charge is 0.256 e. The van der Waals surface area contributed by atoms with E-state index in [-0.39, 0.29) is 48.0 Å². The Morgan fingerprint density at radius 3 is 2.37 bits per heavy atom. The van der Waals surface area contributed by atoms with Crippen molar-refractivity contribution < 1.29 is 18.7 Å². The van der Waals surface area contributed by atoms with Crippen molar-refractivity contribution in [2.45, 2.75) is 138 Å². The van der Waals surface area contributed by atoms with E-state index >= 15 is 4.39 Å². The van der Waals surface area contributed by atoms with Gasteiger partial charge in [-0.3, -0.25) is 9.59 Å². The second-order valence-corrected chi connectivity index (χ2v) is 16.6. The number of hydrogen-bond donors (Lipinski definition) is 2. The minimum Gasteiger partial charge on any atom is -0.369 e. The van der Waals surface area contributed by atoms with Gasteiger partial charge in [0.25, 0.3) is 5.91 Å². The van der Waals surface area contributed by atoms with E-state index in [4.69, 9.17) is 4.74 Å². The van der Waals surface area contributed by atoms with Gasteiger partial charge in [-0.15, -0.1) is 0 Å². The van der Waals surface area contributed by atoms with Gasteiger partial charge in [-0.2, -0.15) is 0 Å². The number of fused-ring (bicyclic) bond motifs is 5. The quantitative estimate of drug-likeness (QED) is 0.391. The fraction of sp³-hybridized carbons (Fsp3) is 0.892. The third-order valence-corrected chi connectivity index (χ3v) is 14.3. The van der Waals surface area contributed by atoms with Crippen LogP contribution in [-0.2, 0) is 14.3 Å². The van der Waals surface area contributed by atoms with Crippen LogP contribution in [0.1, 0.15) is 89.9 Å². The summed E-state index contributed by atoms with van der Waals surface area (Å²) < 4.78 is 23.3. The lowest BCUT2D eigenvalue weighted by Gasteiger charge is -2.60. The van der Waals surface area contributed by atoms with Crippen LogP contribution in [0.2, 0.25) is 0 Å². The van der Waals surface area contributed by atoms with Crippen LogP contribution in [0.15, 0.2) is 11.8 Å². The van der Waals surface area contributed by atoms with Crippen molar-refractivity contribution in [3.05, 3.63) is 11.8 Å². The molecule has 4 aliphatic carbocycles. The molecule has 0 aromatic heterocycles. The molecule has 8 rings (SSSR count). The first kappa shape index (κ1) is 31.7. The third kappa shape index (κ3) is 5.67. The number of alkyl halides is 1. The lowest BCUT2D eigenvalue weighted by molar-refractivity contribution is -0.206. The van der Waals surface area contributed by atoms with E-state index in [1.807, 2.05) is 6.20 Å². The number of carbonyl (C=O) groups is 2.